The monoisotopic (exact) mass is 227 g/mol. The quantitative estimate of drug-likeness (QED) is 0.671. The summed E-state index contributed by atoms with van der Waals surface area (Å²) in [5.41, 5.74) is 6.27. The molecule has 0 aliphatic rings. The van der Waals surface area contributed by atoms with Crippen LogP contribution < -0.4 is 5.73 Å². The van der Waals surface area contributed by atoms with Gasteiger partial charge >= 0.3 is 0 Å². The first-order valence-corrected chi connectivity index (χ1v) is 5.74. The number of nitrogens with zero attached hydrogens (tertiary/aromatic N) is 2. The fourth-order valence-electron chi connectivity index (χ4n) is 1.43. The molecule has 0 aliphatic heterocycles. The number of likely N-dealkylation sites (N-methyl/N-ethyl adjacent to an activating group) is 1. The topological polar surface area (TPSA) is 64.5 Å². The molecule has 1 aromatic heterocycles. The van der Waals surface area contributed by atoms with Crippen molar-refractivity contribution < 1.29 is 9.26 Å². The first-order chi connectivity index (χ1) is 7.80. The summed E-state index contributed by atoms with van der Waals surface area (Å²) >= 11 is 0. The van der Waals surface area contributed by atoms with Crippen molar-refractivity contribution in [2.75, 3.05) is 26.3 Å². The van der Waals surface area contributed by atoms with Gasteiger partial charge in [0.2, 0.25) is 0 Å². The van der Waals surface area contributed by atoms with Crippen LogP contribution in [0.25, 0.3) is 0 Å². The van der Waals surface area contributed by atoms with Crippen molar-refractivity contribution in [3.63, 3.8) is 0 Å². The maximum atomic E-state index is 5.47. The molecule has 2 N–H and O–H groups in total. The largest absolute Gasteiger partial charge is 0.380 e. The summed E-state index contributed by atoms with van der Waals surface area (Å²) in [5, 5.41) is 3.86. The standard InChI is InChI=1S/C11H21N3O2/c1-3-14(5-6-15-4-2)9-11-7-10(8-12)13-16-11/h7H,3-6,8-9,12H2,1-2H3. The lowest BCUT2D eigenvalue weighted by molar-refractivity contribution is 0.109. The Balaban J connectivity index is 2.36. The van der Waals surface area contributed by atoms with E-state index in [9.17, 15) is 0 Å². The van der Waals surface area contributed by atoms with Gasteiger partial charge in [0.1, 0.15) is 0 Å². The Kier molecular flexibility index (Phi) is 6.07. The van der Waals surface area contributed by atoms with Gasteiger partial charge in [0.05, 0.1) is 18.8 Å². The minimum atomic E-state index is 0.425. The predicted molar refractivity (Wildman–Crippen MR) is 61.8 cm³/mol. The van der Waals surface area contributed by atoms with E-state index < -0.39 is 0 Å². The average Bonchev–Trinajstić information content (AvgIpc) is 2.75. The molecule has 0 amide bonds. The molecular weight excluding hydrogens is 206 g/mol. The molecule has 0 aliphatic carbocycles. The molecule has 92 valence electrons. The van der Waals surface area contributed by atoms with Gasteiger partial charge in [0.25, 0.3) is 0 Å². The van der Waals surface area contributed by atoms with Crippen LogP contribution in [0.1, 0.15) is 25.3 Å². The summed E-state index contributed by atoms with van der Waals surface area (Å²) in [6.07, 6.45) is 0. The van der Waals surface area contributed by atoms with Crippen LogP contribution in [0.2, 0.25) is 0 Å². The second-order valence-electron chi connectivity index (χ2n) is 3.55. The van der Waals surface area contributed by atoms with Gasteiger partial charge in [-0.3, -0.25) is 4.90 Å². The van der Waals surface area contributed by atoms with Crippen molar-refractivity contribution in [2.24, 2.45) is 5.73 Å². The Hall–Kier alpha value is -0.910. The lowest BCUT2D eigenvalue weighted by Gasteiger charge is -2.18. The zero-order chi connectivity index (χ0) is 11.8. The summed E-state index contributed by atoms with van der Waals surface area (Å²) in [5.74, 6) is 0.860. The molecule has 5 nitrogen and oxygen atoms in total. The molecule has 16 heavy (non-hydrogen) atoms. The van der Waals surface area contributed by atoms with E-state index in [-0.39, 0.29) is 0 Å². The second-order valence-corrected chi connectivity index (χ2v) is 3.55. The van der Waals surface area contributed by atoms with Gasteiger partial charge in [0.15, 0.2) is 5.76 Å². The summed E-state index contributed by atoms with van der Waals surface area (Å²) in [4.78, 5) is 2.25. The molecule has 1 heterocycles. The number of hydrogen-bond donors (Lipinski definition) is 1. The zero-order valence-electron chi connectivity index (χ0n) is 10.1. The Morgan fingerprint density at radius 3 is 2.88 bits per heavy atom. The van der Waals surface area contributed by atoms with Crippen molar-refractivity contribution in [3.05, 3.63) is 17.5 Å². The first-order valence-electron chi connectivity index (χ1n) is 5.74. The smallest absolute Gasteiger partial charge is 0.151 e. The average molecular weight is 227 g/mol. The van der Waals surface area contributed by atoms with Crippen molar-refractivity contribution in [2.45, 2.75) is 26.9 Å². The van der Waals surface area contributed by atoms with Crippen LogP contribution in [-0.2, 0) is 17.8 Å². The fourth-order valence-corrected chi connectivity index (χ4v) is 1.43. The predicted octanol–water partition coefficient (Wildman–Crippen LogP) is 0.992. The van der Waals surface area contributed by atoms with Crippen molar-refractivity contribution >= 4 is 0 Å². The Bertz CT molecular complexity index is 289. The molecule has 0 bridgehead atoms. The zero-order valence-corrected chi connectivity index (χ0v) is 10.1. The van der Waals surface area contributed by atoms with Gasteiger partial charge in [-0.15, -0.1) is 0 Å². The highest BCUT2D eigenvalue weighted by atomic mass is 16.5. The maximum Gasteiger partial charge on any atom is 0.151 e. The van der Waals surface area contributed by atoms with E-state index in [4.69, 9.17) is 15.0 Å². The number of ether oxygens (including phenoxy) is 1. The third-order valence-corrected chi connectivity index (χ3v) is 2.40. The van der Waals surface area contributed by atoms with E-state index >= 15 is 0 Å². The molecule has 0 atom stereocenters. The van der Waals surface area contributed by atoms with Crippen LogP contribution in [0, 0.1) is 0 Å². The lowest BCUT2D eigenvalue weighted by atomic mass is 10.3. The van der Waals surface area contributed by atoms with Gasteiger partial charge in [-0.2, -0.15) is 0 Å². The normalized spacial score (nSPS) is 11.2. The number of nitrogens with two attached hydrogens (primary N) is 1. The molecule has 0 unspecified atom stereocenters. The van der Waals surface area contributed by atoms with Gasteiger partial charge in [0, 0.05) is 25.8 Å². The van der Waals surface area contributed by atoms with Crippen LogP contribution >= 0.6 is 0 Å². The van der Waals surface area contributed by atoms with Crippen LogP contribution in [-0.4, -0.2) is 36.4 Å². The highest BCUT2D eigenvalue weighted by molar-refractivity contribution is 5.04. The Labute approximate surface area is 96.5 Å². The van der Waals surface area contributed by atoms with Crippen LogP contribution in [0.4, 0.5) is 0 Å². The summed E-state index contributed by atoms with van der Waals surface area (Å²) in [6.45, 7) is 8.69. The van der Waals surface area contributed by atoms with E-state index in [0.717, 1.165) is 44.3 Å². The Morgan fingerprint density at radius 1 is 1.50 bits per heavy atom. The minimum absolute atomic E-state index is 0.425. The molecule has 0 saturated carbocycles. The van der Waals surface area contributed by atoms with Crippen LogP contribution in [0.5, 0.6) is 0 Å². The van der Waals surface area contributed by atoms with Crippen LogP contribution in [0.3, 0.4) is 0 Å². The van der Waals surface area contributed by atoms with Crippen molar-refractivity contribution in [1.82, 2.24) is 10.1 Å². The molecule has 1 rings (SSSR count). The third-order valence-electron chi connectivity index (χ3n) is 2.40. The second kappa shape index (κ2) is 7.38. The van der Waals surface area contributed by atoms with Crippen molar-refractivity contribution in [1.29, 1.82) is 0 Å². The van der Waals surface area contributed by atoms with E-state index in [1.165, 1.54) is 0 Å². The molecular formula is C11H21N3O2. The molecule has 0 aromatic carbocycles. The van der Waals surface area contributed by atoms with Crippen molar-refractivity contribution in [3.8, 4) is 0 Å². The van der Waals surface area contributed by atoms with Gasteiger partial charge in [-0.05, 0) is 13.5 Å². The molecule has 0 spiro atoms. The molecule has 0 saturated heterocycles. The van der Waals surface area contributed by atoms with Crippen LogP contribution in [0.15, 0.2) is 10.6 Å². The van der Waals surface area contributed by atoms with Gasteiger partial charge < -0.3 is 15.0 Å². The first kappa shape index (κ1) is 13.2. The van der Waals surface area contributed by atoms with E-state index in [1.54, 1.807) is 0 Å². The summed E-state index contributed by atoms with van der Waals surface area (Å²) in [7, 11) is 0. The lowest BCUT2D eigenvalue weighted by Crippen LogP contribution is -2.26. The molecule has 1 aromatic rings. The van der Waals surface area contributed by atoms with E-state index in [0.29, 0.717) is 6.54 Å². The number of rotatable bonds is 8. The minimum Gasteiger partial charge on any atom is -0.380 e. The Morgan fingerprint density at radius 2 is 2.31 bits per heavy atom. The highest BCUT2D eigenvalue weighted by Gasteiger charge is 2.08. The number of aromatic nitrogens is 1. The van der Waals surface area contributed by atoms with Gasteiger partial charge in [-0.1, -0.05) is 12.1 Å². The highest BCUT2D eigenvalue weighted by Crippen LogP contribution is 2.06. The molecule has 0 radical (unpaired) electrons. The van der Waals surface area contributed by atoms with E-state index in [1.807, 2.05) is 13.0 Å². The third kappa shape index (κ3) is 4.30. The molecule has 5 heteroatoms. The summed E-state index contributed by atoms with van der Waals surface area (Å²) < 4.78 is 10.5. The maximum absolute atomic E-state index is 5.47. The molecule has 0 fully saturated rings. The SMILES string of the molecule is CCOCCN(CC)Cc1cc(CN)no1. The van der Waals surface area contributed by atoms with E-state index in [2.05, 4.69) is 17.0 Å². The fraction of sp³-hybridized carbons (Fsp3) is 0.727. The number of hydrogen-bond acceptors (Lipinski definition) is 5. The van der Waals surface area contributed by atoms with Gasteiger partial charge in [-0.25, -0.2) is 0 Å². The summed E-state index contributed by atoms with van der Waals surface area (Å²) in [6, 6.07) is 1.91.